The number of benzene rings is 2. The molecule has 0 aliphatic carbocycles. The smallest absolute Gasteiger partial charge is 0.150 e. The maximum absolute atomic E-state index is 10.3. The van der Waals surface area contributed by atoms with Crippen molar-refractivity contribution < 1.29 is 4.79 Å². The van der Waals surface area contributed by atoms with Gasteiger partial charge < -0.3 is 0 Å². The normalized spacial score (nSPS) is 8.61. The van der Waals surface area contributed by atoms with Gasteiger partial charge in [0.05, 0.1) is 17.0 Å². The van der Waals surface area contributed by atoms with Crippen molar-refractivity contribution in [3.8, 4) is 6.07 Å². The quantitative estimate of drug-likeness (QED) is 0.367. The second-order valence-corrected chi connectivity index (χ2v) is 6.74. The van der Waals surface area contributed by atoms with Crippen LogP contribution in [0.1, 0.15) is 87.9 Å². The lowest BCUT2D eigenvalue weighted by Gasteiger charge is -2.03. The highest BCUT2D eigenvalue weighted by molar-refractivity contribution is 6.40. The summed E-state index contributed by atoms with van der Waals surface area (Å²) < 4.78 is 0. The van der Waals surface area contributed by atoms with E-state index in [0.717, 1.165) is 17.4 Å². The van der Waals surface area contributed by atoms with Crippen molar-refractivity contribution in [2.45, 2.75) is 60.8 Å². The van der Waals surface area contributed by atoms with Gasteiger partial charge >= 0.3 is 0 Å². The highest BCUT2D eigenvalue weighted by atomic mass is 35.5. The number of alkyl halides is 2. The summed E-state index contributed by atoms with van der Waals surface area (Å²) in [6.45, 7) is 12.6. The van der Waals surface area contributed by atoms with Crippen molar-refractivity contribution in [2.75, 3.05) is 5.34 Å². The van der Waals surface area contributed by atoms with Gasteiger partial charge in [-0.05, 0) is 35.1 Å². The van der Waals surface area contributed by atoms with Crippen LogP contribution in [-0.4, -0.2) is 11.6 Å². The first-order valence-corrected chi connectivity index (χ1v) is 10.1. The Kier molecular flexibility index (Phi) is 22.0. The molecule has 0 amide bonds. The molecule has 28 heavy (non-hydrogen) atoms. The van der Waals surface area contributed by atoms with E-state index in [2.05, 4.69) is 33.8 Å². The topological polar surface area (TPSA) is 40.9 Å². The van der Waals surface area contributed by atoms with Crippen LogP contribution in [0.25, 0.3) is 0 Å². The van der Waals surface area contributed by atoms with E-state index in [0.29, 0.717) is 11.8 Å². The van der Waals surface area contributed by atoms with Crippen LogP contribution in [0.3, 0.4) is 0 Å². The zero-order valence-electron chi connectivity index (χ0n) is 17.2. The van der Waals surface area contributed by atoms with E-state index in [1.807, 2.05) is 62.4 Å². The van der Waals surface area contributed by atoms with Crippen molar-refractivity contribution in [2.24, 2.45) is 0 Å². The number of nitriles is 1. The maximum atomic E-state index is 10.3. The zero-order valence-corrected chi connectivity index (χ0v) is 18.7. The van der Waals surface area contributed by atoms with Crippen LogP contribution in [0.4, 0.5) is 0 Å². The largest absolute Gasteiger partial charge is 0.298 e. The van der Waals surface area contributed by atoms with Crippen LogP contribution >= 0.6 is 23.2 Å². The predicted molar refractivity (Wildman–Crippen MR) is 126 cm³/mol. The molecule has 0 heterocycles. The Morgan fingerprint density at radius 2 is 1.18 bits per heavy atom. The molecule has 0 saturated carbocycles. The van der Waals surface area contributed by atoms with Crippen molar-refractivity contribution in [3.05, 3.63) is 70.8 Å². The molecule has 0 aromatic heterocycles. The molecule has 0 unspecified atom stereocenters. The molecule has 0 aliphatic rings. The van der Waals surface area contributed by atoms with Gasteiger partial charge in [0.15, 0.2) is 0 Å². The van der Waals surface area contributed by atoms with Crippen LogP contribution in [0.15, 0.2) is 48.5 Å². The lowest BCUT2D eigenvalue weighted by Crippen LogP contribution is -1.87. The number of aldehydes is 1. The van der Waals surface area contributed by atoms with E-state index >= 15 is 0 Å². The van der Waals surface area contributed by atoms with E-state index in [4.69, 9.17) is 28.5 Å². The predicted octanol–water partition coefficient (Wildman–Crippen LogP) is 8.39. The van der Waals surface area contributed by atoms with Gasteiger partial charge in [-0.15, -0.1) is 23.2 Å². The molecule has 0 fully saturated rings. The summed E-state index contributed by atoms with van der Waals surface area (Å²) in [5.41, 5.74) is 4.03. The molecule has 0 aliphatic heterocycles. The van der Waals surface area contributed by atoms with Gasteiger partial charge in [0.2, 0.25) is 0 Å². The van der Waals surface area contributed by atoms with Crippen molar-refractivity contribution in [1.29, 1.82) is 5.26 Å². The highest BCUT2D eigenvalue weighted by Crippen LogP contribution is 2.14. The van der Waals surface area contributed by atoms with E-state index in [9.17, 15) is 4.79 Å². The fraction of sp³-hybridized carbons (Fsp3) is 0.417. The minimum absolute atomic E-state index is 0. The van der Waals surface area contributed by atoms with Crippen molar-refractivity contribution in [1.82, 2.24) is 0 Å². The SMILES string of the molecule is C.CC.CC(C)c1ccc(C#N)cc1.CC(C)c1ccc(C=O)cc1.ClCCl. The lowest BCUT2D eigenvalue weighted by molar-refractivity contribution is 0.112. The van der Waals surface area contributed by atoms with Gasteiger partial charge in [-0.25, -0.2) is 0 Å². The molecule has 2 rings (SSSR count). The molecular formula is C24H35Cl2NO. The van der Waals surface area contributed by atoms with E-state index in [1.54, 1.807) is 0 Å². The average molecular weight is 424 g/mol. The Bertz CT molecular complexity index is 642. The fourth-order valence-electron chi connectivity index (χ4n) is 1.90. The first-order valence-electron chi connectivity index (χ1n) is 9.06. The van der Waals surface area contributed by atoms with Crippen LogP contribution in [0, 0.1) is 11.3 Å². The molecule has 0 atom stereocenters. The van der Waals surface area contributed by atoms with Gasteiger partial charge in [0.1, 0.15) is 6.29 Å². The molecule has 156 valence electrons. The monoisotopic (exact) mass is 423 g/mol. The second-order valence-electron chi connectivity index (χ2n) is 5.93. The number of rotatable bonds is 3. The summed E-state index contributed by atoms with van der Waals surface area (Å²) in [5, 5.41) is 8.71. The maximum Gasteiger partial charge on any atom is 0.150 e. The minimum atomic E-state index is 0. The number of hydrogen-bond acceptors (Lipinski definition) is 2. The second kappa shape index (κ2) is 19.9. The van der Waals surface area contributed by atoms with Crippen molar-refractivity contribution >= 4 is 29.5 Å². The summed E-state index contributed by atoms with van der Waals surface area (Å²) in [7, 11) is 0. The summed E-state index contributed by atoms with van der Waals surface area (Å²) in [6, 6.07) is 17.5. The molecular weight excluding hydrogens is 389 g/mol. The van der Waals surface area contributed by atoms with Crippen molar-refractivity contribution in [3.63, 3.8) is 0 Å². The molecule has 0 bridgehead atoms. The first kappa shape index (κ1) is 30.9. The number of carbonyl (C=O) groups excluding carboxylic acids is 1. The zero-order chi connectivity index (χ0) is 21.2. The third-order valence-corrected chi connectivity index (χ3v) is 3.45. The third kappa shape index (κ3) is 14.3. The van der Waals surface area contributed by atoms with Gasteiger partial charge in [-0.3, -0.25) is 4.79 Å². The Morgan fingerprint density at radius 3 is 1.43 bits per heavy atom. The van der Waals surface area contributed by atoms with E-state index < -0.39 is 0 Å². The van der Waals surface area contributed by atoms with Gasteiger partial charge in [0.25, 0.3) is 0 Å². The molecule has 0 radical (unpaired) electrons. The van der Waals surface area contributed by atoms with E-state index in [-0.39, 0.29) is 12.8 Å². The van der Waals surface area contributed by atoms with Gasteiger partial charge in [0, 0.05) is 5.56 Å². The molecule has 2 aromatic carbocycles. The van der Waals surface area contributed by atoms with Crippen LogP contribution in [0.5, 0.6) is 0 Å². The Balaban J connectivity index is -0.000000353. The number of hydrogen-bond donors (Lipinski definition) is 0. The number of halogens is 2. The minimum Gasteiger partial charge on any atom is -0.298 e. The molecule has 0 spiro atoms. The Labute approximate surface area is 182 Å². The summed E-state index contributed by atoms with van der Waals surface area (Å²) in [5.74, 6) is 1.08. The molecule has 2 nitrogen and oxygen atoms in total. The summed E-state index contributed by atoms with van der Waals surface area (Å²) >= 11 is 9.53. The summed E-state index contributed by atoms with van der Waals surface area (Å²) in [4.78, 5) is 10.3. The van der Waals surface area contributed by atoms with Crippen LogP contribution in [-0.2, 0) is 0 Å². The molecule has 0 saturated heterocycles. The molecule has 2 aromatic rings. The molecule has 0 N–H and O–H groups in total. The summed E-state index contributed by atoms with van der Waals surface area (Å²) in [6.07, 6.45) is 0.865. The highest BCUT2D eigenvalue weighted by Gasteiger charge is 1.97. The van der Waals surface area contributed by atoms with E-state index in [1.165, 1.54) is 11.1 Å². The first-order chi connectivity index (χ1) is 12.9. The van der Waals surface area contributed by atoms with Crippen LogP contribution in [0.2, 0.25) is 0 Å². The van der Waals surface area contributed by atoms with Gasteiger partial charge in [-0.2, -0.15) is 5.26 Å². The molecule has 4 heteroatoms. The average Bonchev–Trinajstić information content (AvgIpc) is 2.70. The fourth-order valence-corrected chi connectivity index (χ4v) is 1.90. The van der Waals surface area contributed by atoms with Gasteiger partial charge in [-0.1, -0.05) is 85.4 Å². The standard InChI is InChI=1S/C10H11N.C10H12O.C2H6.CH2Cl2.CH4/c2*1-8(2)10-5-3-9(7-11)4-6-10;1-2;2-1-3;/h3-6,8H,1-2H3;3-8H,1-2H3;1-2H3;1H2;1H4. The number of carbonyl (C=O) groups is 1. The Hall–Kier alpha value is -1.82. The van der Waals surface area contributed by atoms with Crippen LogP contribution < -0.4 is 0 Å². The number of nitrogens with zero attached hydrogens (tertiary/aromatic N) is 1. The lowest BCUT2D eigenvalue weighted by atomic mass is 10.0. The Morgan fingerprint density at radius 1 is 0.857 bits per heavy atom. The third-order valence-electron chi connectivity index (χ3n) is 3.45.